The maximum atomic E-state index is 4.83. The van der Waals surface area contributed by atoms with Gasteiger partial charge >= 0.3 is 0 Å². The first-order valence-corrected chi connectivity index (χ1v) is 23.5. The molecule has 10 heteroatoms. The number of nitrogens with one attached hydrogen (secondary N) is 4. The van der Waals surface area contributed by atoms with E-state index in [1.54, 1.807) is 23.5 Å². The van der Waals surface area contributed by atoms with Crippen molar-refractivity contribution in [2.45, 2.75) is 96.1 Å². The predicted molar refractivity (Wildman–Crippen MR) is 260 cm³/mol. The maximum absolute atomic E-state index is 4.83. The Kier molecular flexibility index (Phi) is 13.7. The molecule has 2 heterocycles. The van der Waals surface area contributed by atoms with Gasteiger partial charge in [0.1, 0.15) is 11.6 Å². The Morgan fingerprint density at radius 3 is 1.37 bits per heavy atom. The van der Waals surface area contributed by atoms with E-state index < -0.39 is 0 Å². The summed E-state index contributed by atoms with van der Waals surface area (Å²) >= 11 is 3.55. The van der Waals surface area contributed by atoms with Gasteiger partial charge < -0.3 is 21.3 Å². The highest BCUT2D eigenvalue weighted by Crippen LogP contribution is 2.31. The van der Waals surface area contributed by atoms with Gasteiger partial charge in [-0.2, -0.15) is 9.97 Å². The summed E-state index contributed by atoms with van der Waals surface area (Å²) in [6, 6.07) is 55.7. The van der Waals surface area contributed by atoms with Gasteiger partial charge in [-0.25, -0.2) is 9.97 Å². The largest absolute Gasteiger partial charge is 0.367 e. The Hall–Kier alpha value is -6.10. The second-order valence-electron chi connectivity index (χ2n) is 15.9. The van der Waals surface area contributed by atoms with Crippen molar-refractivity contribution in [2.75, 3.05) is 21.3 Å². The van der Waals surface area contributed by atoms with Gasteiger partial charge in [-0.15, -0.1) is 0 Å². The van der Waals surface area contributed by atoms with Crippen LogP contribution in [0.3, 0.4) is 0 Å². The van der Waals surface area contributed by atoms with Crippen molar-refractivity contribution < 1.29 is 0 Å². The topological polar surface area (TPSA) is 99.7 Å². The first kappa shape index (κ1) is 41.3. The molecule has 0 amide bonds. The average molecular weight is 853 g/mol. The van der Waals surface area contributed by atoms with Crippen molar-refractivity contribution in [1.29, 1.82) is 0 Å². The third-order valence-corrected chi connectivity index (χ3v) is 13.3. The Morgan fingerprint density at radius 2 is 0.839 bits per heavy atom. The molecule has 6 aromatic carbocycles. The highest BCUT2D eigenvalue weighted by atomic mass is 32.2. The van der Waals surface area contributed by atoms with Gasteiger partial charge in [0, 0.05) is 55.5 Å². The molecule has 0 radical (unpaired) electrons. The van der Waals surface area contributed by atoms with Crippen molar-refractivity contribution in [3.05, 3.63) is 169 Å². The van der Waals surface area contributed by atoms with Crippen LogP contribution in [-0.2, 0) is 13.1 Å². The summed E-state index contributed by atoms with van der Waals surface area (Å²) < 4.78 is 0. The van der Waals surface area contributed by atoms with E-state index >= 15 is 0 Å². The standard InChI is InChI=1S/2C26H26N4S/c1-2-12-21(13-3-1)31-22-14-8-9-19(17-22)18-27-26-29-24-16-7-6-15-23(24)25(30-26)28-20-10-4-5-11-20;1-2-10-21(11-3-1)31-22-16-14-19(15-17-22)18-27-26-29-24-13-7-6-12-23(24)25(30-26)28-20-8-4-5-9-20/h1-3,6-9,12-17,20H,4-5,10-11,18H2,(H2,27,28,29,30);1-3,6-7,10-17,20H,4-5,8-9,18H2,(H2,27,28,29,30). The maximum Gasteiger partial charge on any atom is 0.225 e. The van der Waals surface area contributed by atoms with Gasteiger partial charge in [-0.05, 0) is 110 Å². The molecule has 2 aliphatic rings. The number of anilines is 4. The number of rotatable bonds is 14. The number of hydrogen-bond acceptors (Lipinski definition) is 10. The zero-order valence-electron chi connectivity index (χ0n) is 34.8. The van der Waals surface area contributed by atoms with Crippen LogP contribution in [0.4, 0.5) is 23.5 Å². The minimum absolute atomic E-state index is 0.512. The highest BCUT2D eigenvalue weighted by Gasteiger charge is 2.19. The van der Waals surface area contributed by atoms with E-state index in [0.29, 0.717) is 37.1 Å². The number of aromatic nitrogens is 4. The summed E-state index contributed by atoms with van der Waals surface area (Å²) in [4.78, 5) is 24.1. The summed E-state index contributed by atoms with van der Waals surface area (Å²) in [5.74, 6) is 3.21. The summed E-state index contributed by atoms with van der Waals surface area (Å²) in [5, 5.41) is 16.3. The van der Waals surface area contributed by atoms with Crippen LogP contribution in [-0.4, -0.2) is 32.0 Å². The lowest BCUT2D eigenvalue weighted by Crippen LogP contribution is -2.17. The fraction of sp³-hybridized carbons (Fsp3) is 0.231. The summed E-state index contributed by atoms with van der Waals surface area (Å²) in [7, 11) is 0. The number of hydrogen-bond donors (Lipinski definition) is 4. The molecule has 2 saturated carbocycles. The smallest absolute Gasteiger partial charge is 0.225 e. The van der Waals surface area contributed by atoms with Crippen molar-refractivity contribution in [3.8, 4) is 0 Å². The van der Waals surface area contributed by atoms with E-state index in [0.717, 1.165) is 33.4 Å². The molecule has 0 spiro atoms. The van der Waals surface area contributed by atoms with E-state index in [4.69, 9.17) is 19.9 Å². The molecule has 0 atom stereocenters. The summed E-state index contributed by atoms with van der Waals surface area (Å²) in [6.45, 7) is 1.38. The van der Waals surface area contributed by atoms with Crippen molar-refractivity contribution in [1.82, 2.24) is 19.9 Å². The van der Waals surface area contributed by atoms with Crippen molar-refractivity contribution >= 4 is 68.9 Å². The van der Waals surface area contributed by atoms with Crippen LogP contribution in [0.2, 0.25) is 0 Å². The van der Waals surface area contributed by atoms with Gasteiger partial charge in [0.15, 0.2) is 0 Å². The van der Waals surface area contributed by atoms with Crippen LogP contribution in [0.1, 0.15) is 62.5 Å². The van der Waals surface area contributed by atoms with E-state index in [1.165, 1.54) is 82.1 Å². The van der Waals surface area contributed by atoms with Crippen LogP contribution in [0.15, 0.2) is 177 Å². The fourth-order valence-electron chi connectivity index (χ4n) is 8.06. The molecule has 0 unspecified atom stereocenters. The van der Waals surface area contributed by atoms with E-state index in [1.807, 2.05) is 30.3 Å². The number of para-hydroxylation sites is 2. The molecular formula is C52H52N8S2. The van der Waals surface area contributed by atoms with E-state index in [9.17, 15) is 0 Å². The fourth-order valence-corrected chi connectivity index (χ4v) is 9.82. The van der Waals surface area contributed by atoms with Crippen LogP contribution < -0.4 is 21.3 Å². The Balaban J connectivity index is 0.000000158. The van der Waals surface area contributed by atoms with E-state index in [-0.39, 0.29) is 0 Å². The van der Waals surface area contributed by atoms with Gasteiger partial charge in [0.25, 0.3) is 0 Å². The zero-order valence-corrected chi connectivity index (χ0v) is 36.5. The lowest BCUT2D eigenvalue weighted by molar-refractivity contribution is 0.751. The van der Waals surface area contributed by atoms with Crippen LogP contribution in [0.5, 0.6) is 0 Å². The molecule has 2 fully saturated rings. The molecule has 62 heavy (non-hydrogen) atoms. The first-order chi connectivity index (χ1) is 30.7. The molecule has 0 bridgehead atoms. The second-order valence-corrected chi connectivity index (χ2v) is 18.2. The number of fused-ring (bicyclic) bond motifs is 2. The molecule has 0 aliphatic heterocycles. The molecule has 8 nitrogen and oxygen atoms in total. The number of benzene rings is 6. The quantitative estimate of drug-likeness (QED) is 0.0846. The third kappa shape index (κ3) is 11.2. The SMILES string of the molecule is c1ccc(Sc2ccc(CNc3nc(NC4CCCC4)c4ccccc4n3)cc2)cc1.c1ccc(Sc2cccc(CNc3nc(NC4CCCC4)c4ccccc4n3)c2)cc1. The van der Waals surface area contributed by atoms with Gasteiger partial charge in [0.2, 0.25) is 11.9 Å². The lowest BCUT2D eigenvalue weighted by Gasteiger charge is -2.16. The second kappa shape index (κ2) is 20.6. The first-order valence-electron chi connectivity index (χ1n) is 21.8. The molecular weight excluding hydrogens is 801 g/mol. The molecule has 0 saturated heterocycles. The molecule has 10 rings (SSSR count). The summed E-state index contributed by atoms with van der Waals surface area (Å²) in [5.41, 5.74) is 4.35. The molecule has 8 aromatic rings. The predicted octanol–water partition coefficient (Wildman–Crippen LogP) is 13.5. The Bertz CT molecular complexity index is 2670. The number of nitrogens with zero attached hydrogens (tertiary/aromatic N) is 4. The van der Waals surface area contributed by atoms with Crippen molar-refractivity contribution in [2.24, 2.45) is 0 Å². The Morgan fingerprint density at radius 1 is 0.403 bits per heavy atom. The summed E-state index contributed by atoms with van der Waals surface area (Å²) in [6.07, 6.45) is 10.0. The normalized spacial score (nSPS) is 14.1. The van der Waals surface area contributed by atoms with Crippen molar-refractivity contribution in [3.63, 3.8) is 0 Å². The van der Waals surface area contributed by atoms with Crippen LogP contribution >= 0.6 is 23.5 Å². The highest BCUT2D eigenvalue weighted by molar-refractivity contribution is 7.99. The minimum atomic E-state index is 0.512. The van der Waals surface area contributed by atoms with E-state index in [2.05, 4.69) is 149 Å². The molecule has 312 valence electrons. The lowest BCUT2D eigenvalue weighted by atomic mass is 10.2. The molecule has 2 aromatic heterocycles. The zero-order chi connectivity index (χ0) is 41.8. The molecule has 4 N–H and O–H groups in total. The average Bonchev–Trinajstić information content (AvgIpc) is 4.04. The van der Waals surface area contributed by atoms with Crippen LogP contribution in [0, 0.1) is 0 Å². The third-order valence-electron chi connectivity index (χ3n) is 11.3. The Labute approximate surface area is 373 Å². The van der Waals surface area contributed by atoms with Gasteiger partial charge in [-0.1, -0.05) is 134 Å². The monoisotopic (exact) mass is 852 g/mol. The van der Waals surface area contributed by atoms with Gasteiger partial charge in [-0.3, -0.25) is 0 Å². The van der Waals surface area contributed by atoms with Gasteiger partial charge in [0.05, 0.1) is 11.0 Å². The van der Waals surface area contributed by atoms with Crippen LogP contribution in [0.25, 0.3) is 21.8 Å². The minimum Gasteiger partial charge on any atom is -0.367 e. The molecule has 2 aliphatic carbocycles.